The minimum absolute atomic E-state index is 0.543. The van der Waals surface area contributed by atoms with Crippen LogP contribution in [0.5, 0.6) is 0 Å². The second-order valence-corrected chi connectivity index (χ2v) is 9.51. The van der Waals surface area contributed by atoms with Crippen LogP contribution in [0.1, 0.15) is 37.1 Å². The van der Waals surface area contributed by atoms with Crippen LogP contribution in [0.25, 0.3) is 10.2 Å². The third kappa shape index (κ3) is 3.98. The van der Waals surface area contributed by atoms with E-state index in [2.05, 4.69) is 41.6 Å². The van der Waals surface area contributed by atoms with Gasteiger partial charge < -0.3 is 10.2 Å². The molecule has 0 saturated carbocycles. The minimum Gasteiger partial charge on any atom is -0.360 e. The number of fused-ring (bicyclic) bond motifs is 1. The average Bonchev–Trinajstić information content (AvgIpc) is 3.24. The molecule has 1 unspecified atom stereocenters. The summed E-state index contributed by atoms with van der Waals surface area (Å²) in [6.45, 7) is 6.24. The lowest BCUT2D eigenvalue weighted by Crippen LogP contribution is -3.12. The number of nitrogens with one attached hydrogen (secondary N) is 2. The third-order valence-corrected chi connectivity index (χ3v) is 7.25. The quantitative estimate of drug-likeness (QED) is 0.615. The average molecular weight is 407 g/mol. The summed E-state index contributed by atoms with van der Waals surface area (Å²) in [6, 6.07) is 8.45. The van der Waals surface area contributed by atoms with Crippen LogP contribution in [0.3, 0.4) is 0 Å². The van der Waals surface area contributed by atoms with E-state index < -0.39 is 0 Å². The Balaban J connectivity index is 1.45. The Morgan fingerprint density at radius 1 is 1.35 bits per heavy atom. The van der Waals surface area contributed by atoms with Crippen LogP contribution in [-0.4, -0.2) is 34.4 Å². The molecule has 138 valence electrons. The highest BCUT2D eigenvalue weighted by molar-refractivity contribution is 7.73. The zero-order valence-corrected chi connectivity index (χ0v) is 17.4. The lowest BCUT2D eigenvalue weighted by molar-refractivity contribution is -0.929. The van der Waals surface area contributed by atoms with Gasteiger partial charge in [0, 0.05) is 6.54 Å². The van der Waals surface area contributed by atoms with Gasteiger partial charge in [0.05, 0.1) is 29.2 Å². The molecule has 4 rings (SSSR count). The Bertz CT molecular complexity index is 895. The van der Waals surface area contributed by atoms with Crippen LogP contribution in [0.2, 0.25) is 0 Å². The van der Waals surface area contributed by atoms with Crippen molar-refractivity contribution in [1.82, 2.24) is 14.8 Å². The first-order chi connectivity index (χ1) is 12.7. The van der Waals surface area contributed by atoms with Gasteiger partial charge in [-0.05, 0) is 43.6 Å². The number of hydrogen-bond donors (Lipinski definition) is 2. The molecular formula is C18H24N5S3+. The number of anilines is 1. The third-order valence-electron chi connectivity index (χ3n) is 4.78. The van der Waals surface area contributed by atoms with E-state index >= 15 is 0 Å². The molecule has 0 radical (unpaired) electrons. The monoisotopic (exact) mass is 406 g/mol. The zero-order chi connectivity index (χ0) is 17.9. The van der Waals surface area contributed by atoms with Gasteiger partial charge in [0.25, 0.3) is 0 Å². The van der Waals surface area contributed by atoms with Crippen molar-refractivity contribution in [2.45, 2.75) is 38.8 Å². The molecule has 2 aromatic heterocycles. The summed E-state index contributed by atoms with van der Waals surface area (Å²) >= 11 is 8.94. The summed E-state index contributed by atoms with van der Waals surface area (Å²) in [5.41, 5.74) is 1.13. The Kier molecular flexibility index (Phi) is 5.63. The molecule has 1 fully saturated rings. The number of thiazole rings is 1. The Morgan fingerprint density at radius 3 is 3.08 bits per heavy atom. The van der Waals surface area contributed by atoms with Crippen molar-refractivity contribution in [3.8, 4) is 0 Å². The van der Waals surface area contributed by atoms with Gasteiger partial charge >= 0.3 is 0 Å². The van der Waals surface area contributed by atoms with Gasteiger partial charge in [-0.1, -0.05) is 30.4 Å². The van der Waals surface area contributed by atoms with Crippen LogP contribution in [0, 0.1) is 3.95 Å². The number of benzene rings is 1. The maximum absolute atomic E-state index is 5.51. The fourth-order valence-electron chi connectivity index (χ4n) is 3.49. The molecule has 1 aliphatic heterocycles. The van der Waals surface area contributed by atoms with E-state index in [0.717, 1.165) is 40.8 Å². The summed E-state index contributed by atoms with van der Waals surface area (Å²) in [6.07, 6.45) is 3.55. The van der Waals surface area contributed by atoms with Crippen molar-refractivity contribution in [3.63, 3.8) is 0 Å². The highest BCUT2D eigenvalue weighted by Crippen LogP contribution is 2.30. The van der Waals surface area contributed by atoms with E-state index in [1.54, 1.807) is 16.2 Å². The summed E-state index contributed by atoms with van der Waals surface area (Å²) < 4.78 is 4.15. The van der Waals surface area contributed by atoms with Gasteiger partial charge in [0.1, 0.15) is 5.01 Å². The van der Waals surface area contributed by atoms with Crippen LogP contribution >= 0.6 is 34.9 Å². The SMILES string of the molecule is CCCNc1nn(C[NH+]2CCC[C@@H](c3nc4ccccc4s3)C2)c(=S)s1. The standard InChI is InChI=1S/C18H23N5S3/c1-2-9-19-17-21-23(18(24)26-17)12-22-10-5-6-13(11-22)16-20-14-7-3-4-8-15(14)25-16/h3-4,7-8,13H,2,5-6,9-12H2,1H3,(H,19,21)/p+1/t13-/m1/s1. The number of aromatic nitrogens is 3. The predicted octanol–water partition coefficient (Wildman–Crippen LogP) is 3.53. The van der Waals surface area contributed by atoms with Crippen LogP contribution < -0.4 is 10.2 Å². The van der Waals surface area contributed by atoms with Gasteiger partial charge in [0.2, 0.25) is 5.13 Å². The van der Waals surface area contributed by atoms with E-state index in [4.69, 9.17) is 17.2 Å². The van der Waals surface area contributed by atoms with Gasteiger partial charge in [-0.25, -0.2) is 4.98 Å². The molecule has 0 aliphatic carbocycles. The van der Waals surface area contributed by atoms with E-state index in [0.29, 0.717) is 5.92 Å². The van der Waals surface area contributed by atoms with Crippen LogP contribution in [0.15, 0.2) is 24.3 Å². The highest BCUT2D eigenvalue weighted by Gasteiger charge is 2.27. The molecule has 3 heterocycles. The Morgan fingerprint density at radius 2 is 2.23 bits per heavy atom. The van der Waals surface area contributed by atoms with E-state index in [-0.39, 0.29) is 0 Å². The van der Waals surface area contributed by atoms with Crippen molar-refractivity contribution in [2.24, 2.45) is 0 Å². The number of hydrogen-bond acceptors (Lipinski definition) is 6. The smallest absolute Gasteiger partial charge is 0.204 e. The van der Waals surface area contributed by atoms with Crippen LogP contribution in [0.4, 0.5) is 5.13 Å². The first-order valence-corrected chi connectivity index (χ1v) is 11.3. The highest BCUT2D eigenvalue weighted by atomic mass is 32.1. The molecule has 0 spiro atoms. The predicted molar refractivity (Wildman–Crippen MR) is 112 cm³/mol. The zero-order valence-electron chi connectivity index (χ0n) is 14.9. The second kappa shape index (κ2) is 8.12. The van der Waals surface area contributed by atoms with Crippen molar-refractivity contribution >= 4 is 50.2 Å². The van der Waals surface area contributed by atoms with E-state index in [1.165, 1.54) is 29.1 Å². The molecule has 1 aromatic carbocycles. The molecular weight excluding hydrogens is 382 g/mol. The Hall–Kier alpha value is -1.35. The molecule has 5 nitrogen and oxygen atoms in total. The van der Waals surface area contributed by atoms with Gasteiger partial charge in [-0.15, -0.1) is 16.4 Å². The molecule has 1 aliphatic rings. The molecule has 8 heteroatoms. The fraction of sp³-hybridized carbons (Fsp3) is 0.500. The summed E-state index contributed by atoms with van der Waals surface area (Å²) in [4.78, 5) is 6.43. The van der Waals surface area contributed by atoms with Crippen molar-refractivity contribution in [1.29, 1.82) is 0 Å². The van der Waals surface area contributed by atoms with Crippen molar-refractivity contribution in [3.05, 3.63) is 33.2 Å². The lowest BCUT2D eigenvalue weighted by atomic mass is 9.99. The summed E-state index contributed by atoms with van der Waals surface area (Å²) in [7, 11) is 0. The summed E-state index contributed by atoms with van der Waals surface area (Å²) in [5.74, 6) is 0.543. The number of para-hydroxylation sites is 1. The number of piperidine rings is 1. The van der Waals surface area contributed by atoms with E-state index in [9.17, 15) is 0 Å². The second-order valence-electron chi connectivity index (χ2n) is 6.82. The molecule has 0 amide bonds. The van der Waals surface area contributed by atoms with Crippen LogP contribution in [-0.2, 0) is 6.67 Å². The molecule has 0 bridgehead atoms. The largest absolute Gasteiger partial charge is 0.360 e. The molecule has 26 heavy (non-hydrogen) atoms. The number of likely N-dealkylation sites (tertiary alicyclic amines) is 1. The molecule has 1 saturated heterocycles. The Labute approximate surface area is 166 Å². The van der Waals surface area contributed by atoms with Gasteiger partial charge in [-0.2, -0.15) is 4.68 Å². The van der Waals surface area contributed by atoms with Gasteiger partial charge in [-0.3, -0.25) is 0 Å². The lowest BCUT2D eigenvalue weighted by Gasteiger charge is -2.28. The first-order valence-electron chi connectivity index (χ1n) is 9.24. The maximum Gasteiger partial charge on any atom is 0.204 e. The molecule has 2 atom stereocenters. The fourth-order valence-corrected chi connectivity index (χ4v) is 5.63. The molecule has 3 aromatic rings. The maximum atomic E-state index is 5.51. The number of nitrogens with zero attached hydrogens (tertiary/aromatic N) is 3. The van der Waals surface area contributed by atoms with Crippen molar-refractivity contribution < 1.29 is 4.90 Å². The van der Waals surface area contributed by atoms with Crippen molar-refractivity contribution in [2.75, 3.05) is 25.0 Å². The number of quaternary nitrogens is 1. The topological polar surface area (TPSA) is 47.2 Å². The normalized spacial score (nSPS) is 20.5. The summed E-state index contributed by atoms with van der Waals surface area (Å²) in [5, 5.41) is 10.2. The first kappa shape index (κ1) is 18.0. The molecule has 2 N–H and O–H groups in total. The number of rotatable bonds is 6. The minimum atomic E-state index is 0.543. The van der Waals surface area contributed by atoms with Gasteiger partial charge in [0.15, 0.2) is 10.6 Å². The van der Waals surface area contributed by atoms with E-state index in [1.807, 2.05) is 16.0 Å².